The standard InChI is InChI=1S/C27H30N2O6/c1-27(25(31)32)12-17(34-2)14-29(27)24(30)22-11-16(22)13-28-26(33)35-15-23-20-9-5-3-7-18(20)19-8-4-6-10-21(19)23/h3-10,16-17,22-23H,11-15H2,1-2H3,(H,28,33)(H,31,32). The first-order chi connectivity index (χ1) is 16.8. The summed E-state index contributed by atoms with van der Waals surface area (Å²) in [6, 6.07) is 16.3. The summed E-state index contributed by atoms with van der Waals surface area (Å²) in [5.74, 6) is -1.55. The van der Waals surface area contributed by atoms with Crippen molar-refractivity contribution in [3.05, 3.63) is 59.7 Å². The van der Waals surface area contributed by atoms with Crippen LogP contribution in [0.25, 0.3) is 11.1 Å². The number of nitrogens with zero attached hydrogens (tertiary/aromatic N) is 1. The molecule has 35 heavy (non-hydrogen) atoms. The van der Waals surface area contributed by atoms with Gasteiger partial charge in [-0.3, -0.25) is 4.79 Å². The molecule has 184 valence electrons. The summed E-state index contributed by atoms with van der Waals surface area (Å²) in [5, 5.41) is 12.5. The maximum Gasteiger partial charge on any atom is 0.407 e. The summed E-state index contributed by atoms with van der Waals surface area (Å²) in [6.07, 6.45) is 0.0731. The van der Waals surface area contributed by atoms with E-state index in [4.69, 9.17) is 9.47 Å². The first-order valence-corrected chi connectivity index (χ1v) is 12.0. The lowest BCUT2D eigenvalue weighted by Crippen LogP contribution is -2.51. The molecule has 1 heterocycles. The number of rotatable bonds is 7. The van der Waals surface area contributed by atoms with Gasteiger partial charge in [0.2, 0.25) is 5.91 Å². The third-order valence-electron chi connectivity index (χ3n) is 7.76. The van der Waals surface area contributed by atoms with E-state index in [1.807, 2.05) is 24.3 Å². The van der Waals surface area contributed by atoms with Crippen LogP contribution in [0, 0.1) is 11.8 Å². The molecule has 1 saturated heterocycles. The van der Waals surface area contributed by atoms with E-state index < -0.39 is 17.6 Å². The molecule has 3 aliphatic rings. The molecule has 0 aromatic heterocycles. The van der Waals surface area contributed by atoms with E-state index >= 15 is 0 Å². The van der Waals surface area contributed by atoms with Crippen LogP contribution in [0.15, 0.2) is 48.5 Å². The molecule has 4 atom stereocenters. The van der Waals surface area contributed by atoms with Crippen LogP contribution in [-0.4, -0.2) is 66.4 Å². The Kier molecular flexibility index (Phi) is 6.01. The molecule has 4 unspecified atom stereocenters. The fourth-order valence-electron chi connectivity index (χ4n) is 5.56. The fraction of sp³-hybridized carbons (Fsp3) is 0.444. The molecule has 0 radical (unpaired) electrons. The second-order valence-electron chi connectivity index (χ2n) is 9.90. The van der Waals surface area contributed by atoms with Gasteiger partial charge in [0, 0.05) is 38.5 Å². The molecule has 1 saturated carbocycles. The smallest absolute Gasteiger partial charge is 0.407 e. The Labute approximate surface area is 204 Å². The van der Waals surface area contributed by atoms with Crippen molar-refractivity contribution in [3.63, 3.8) is 0 Å². The van der Waals surface area contributed by atoms with Gasteiger partial charge in [0.25, 0.3) is 0 Å². The predicted octanol–water partition coefficient (Wildman–Crippen LogP) is 3.25. The molecule has 2 N–H and O–H groups in total. The van der Waals surface area contributed by atoms with Gasteiger partial charge in [-0.2, -0.15) is 0 Å². The van der Waals surface area contributed by atoms with Crippen LogP contribution in [0.4, 0.5) is 4.79 Å². The van der Waals surface area contributed by atoms with Gasteiger partial charge in [-0.1, -0.05) is 48.5 Å². The number of hydrogen-bond donors (Lipinski definition) is 2. The van der Waals surface area contributed by atoms with Crippen LogP contribution in [-0.2, 0) is 19.1 Å². The summed E-state index contributed by atoms with van der Waals surface area (Å²) >= 11 is 0. The number of hydrogen-bond acceptors (Lipinski definition) is 5. The molecule has 0 bridgehead atoms. The molecule has 1 aliphatic heterocycles. The number of ether oxygens (including phenoxy) is 2. The minimum Gasteiger partial charge on any atom is -0.480 e. The normalized spacial score (nSPS) is 26.7. The van der Waals surface area contributed by atoms with Gasteiger partial charge in [-0.25, -0.2) is 9.59 Å². The van der Waals surface area contributed by atoms with Gasteiger partial charge >= 0.3 is 12.1 Å². The van der Waals surface area contributed by atoms with Crippen LogP contribution in [0.3, 0.4) is 0 Å². The monoisotopic (exact) mass is 478 g/mol. The number of amides is 2. The Bertz CT molecular complexity index is 1120. The van der Waals surface area contributed by atoms with Crippen molar-refractivity contribution in [2.45, 2.75) is 37.3 Å². The minimum absolute atomic E-state index is 0.0130. The van der Waals surface area contributed by atoms with Gasteiger partial charge in [0.05, 0.1) is 6.10 Å². The van der Waals surface area contributed by atoms with Gasteiger partial charge in [-0.05, 0) is 41.5 Å². The highest BCUT2D eigenvalue weighted by molar-refractivity contribution is 5.90. The van der Waals surface area contributed by atoms with Crippen molar-refractivity contribution < 1.29 is 29.0 Å². The summed E-state index contributed by atoms with van der Waals surface area (Å²) in [4.78, 5) is 38.8. The SMILES string of the molecule is COC1CN(C(=O)C2CC2CNC(=O)OCC2c3ccccc3-c3ccccc32)C(C)(C(=O)O)C1. The van der Waals surface area contributed by atoms with Crippen molar-refractivity contribution >= 4 is 18.0 Å². The summed E-state index contributed by atoms with van der Waals surface area (Å²) in [7, 11) is 1.53. The molecule has 2 fully saturated rings. The zero-order valence-corrected chi connectivity index (χ0v) is 19.9. The zero-order chi connectivity index (χ0) is 24.7. The van der Waals surface area contributed by atoms with E-state index in [0.717, 1.165) is 11.1 Å². The van der Waals surface area contributed by atoms with E-state index in [9.17, 15) is 19.5 Å². The van der Waals surface area contributed by atoms with Gasteiger partial charge in [-0.15, -0.1) is 0 Å². The van der Waals surface area contributed by atoms with Crippen molar-refractivity contribution in [2.24, 2.45) is 11.8 Å². The number of carbonyl (C=O) groups is 3. The molecule has 2 aliphatic carbocycles. The third-order valence-corrected chi connectivity index (χ3v) is 7.76. The quantitative estimate of drug-likeness (QED) is 0.633. The Morgan fingerprint density at radius 2 is 1.71 bits per heavy atom. The van der Waals surface area contributed by atoms with Crippen LogP contribution in [0.2, 0.25) is 0 Å². The number of likely N-dealkylation sites (tertiary alicyclic amines) is 1. The summed E-state index contributed by atoms with van der Waals surface area (Å²) in [6.45, 7) is 2.38. The molecule has 2 aromatic rings. The summed E-state index contributed by atoms with van der Waals surface area (Å²) in [5.41, 5.74) is 3.36. The van der Waals surface area contributed by atoms with Gasteiger partial charge < -0.3 is 24.8 Å². The molecular weight excluding hydrogens is 448 g/mol. The number of nitrogens with one attached hydrogen (secondary N) is 1. The highest BCUT2D eigenvalue weighted by Gasteiger charge is 2.55. The van der Waals surface area contributed by atoms with Crippen LogP contribution in [0.1, 0.15) is 36.8 Å². The predicted molar refractivity (Wildman–Crippen MR) is 128 cm³/mol. The van der Waals surface area contributed by atoms with E-state index in [-0.39, 0.29) is 49.3 Å². The van der Waals surface area contributed by atoms with E-state index in [2.05, 4.69) is 29.6 Å². The van der Waals surface area contributed by atoms with Crippen molar-refractivity contribution in [1.82, 2.24) is 10.2 Å². The molecule has 8 nitrogen and oxygen atoms in total. The van der Waals surface area contributed by atoms with Crippen LogP contribution < -0.4 is 5.32 Å². The third kappa shape index (κ3) is 4.16. The van der Waals surface area contributed by atoms with Crippen molar-refractivity contribution in [3.8, 4) is 11.1 Å². The number of carboxylic acid groups (broad SMARTS) is 1. The van der Waals surface area contributed by atoms with Gasteiger partial charge in [0.1, 0.15) is 12.1 Å². The van der Waals surface area contributed by atoms with E-state index in [1.54, 1.807) is 6.92 Å². The lowest BCUT2D eigenvalue weighted by atomic mass is 9.98. The molecule has 8 heteroatoms. The minimum atomic E-state index is -1.27. The topological polar surface area (TPSA) is 105 Å². The largest absolute Gasteiger partial charge is 0.480 e. The lowest BCUT2D eigenvalue weighted by Gasteiger charge is -2.31. The average molecular weight is 479 g/mol. The van der Waals surface area contributed by atoms with E-state index in [0.29, 0.717) is 13.0 Å². The Hall–Kier alpha value is -3.39. The Morgan fingerprint density at radius 3 is 2.31 bits per heavy atom. The second kappa shape index (κ2) is 9.00. The average Bonchev–Trinajstić information content (AvgIpc) is 3.46. The molecule has 2 aromatic carbocycles. The number of alkyl carbamates (subject to hydrolysis) is 1. The first kappa shape index (κ1) is 23.4. The zero-order valence-electron chi connectivity index (χ0n) is 19.9. The number of benzene rings is 2. The van der Waals surface area contributed by atoms with Crippen molar-refractivity contribution in [1.29, 1.82) is 0 Å². The number of aliphatic carboxylic acids is 1. The van der Waals surface area contributed by atoms with Crippen molar-refractivity contribution in [2.75, 3.05) is 26.8 Å². The molecule has 0 spiro atoms. The number of fused-ring (bicyclic) bond motifs is 3. The number of carboxylic acids is 1. The van der Waals surface area contributed by atoms with E-state index in [1.165, 1.54) is 23.1 Å². The lowest BCUT2D eigenvalue weighted by molar-refractivity contribution is -0.155. The van der Waals surface area contributed by atoms with Gasteiger partial charge in [0.15, 0.2) is 0 Å². The van der Waals surface area contributed by atoms with Crippen LogP contribution in [0.5, 0.6) is 0 Å². The maximum absolute atomic E-state index is 13.0. The summed E-state index contributed by atoms with van der Waals surface area (Å²) < 4.78 is 10.9. The highest BCUT2D eigenvalue weighted by Crippen LogP contribution is 2.45. The Morgan fingerprint density at radius 1 is 1.09 bits per heavy atom. The maximum atomic E-state index is 13.0. The first-order valence-electron chi connectivity index (χ1n) is 12.0. The second-order valence-corrected chi connectivity index (χ2v) is 9.90. The molecule has 2 amide bonds. The number of carbonyl (C=O) groups excluding carboxylic acids is 2. The molecular formula is C27H30N2O6. The number of methoxy groups -OCH3 is 1. The highest BCUT2D eigenvalue weighted by atomic mass is 16.5. The van der Waals surface area contributed by atoms with Crippen LogP contribution >= 0.6 is 0 Å². The molecule has 5 rings (SSSR count). The fourth-order valence-corrected chi connectivity index (χ4v) is 5.56. The Balaban J connectivity index is 1.14.